The highest BCUT2D eigenvalue weighted by Gasteiger charge is 2.49. The van der Waals surface area contributed by atoms with Gasteiger partial charge in [-0.1, -0.05) is 0 Å². The van der Waals surface area contributed by atoms with Crippen LogP contribution in [0.1, 0.15) is 13.3 Å². The van der Waals surface area contributed by atoms with Crippen molar-refractivity contribution in [3.63, 3.8) is 0 Å². The van der Waals surface area contributed by atoms with E-state index >= 15 is 0 Å². The molecule has 1 aromatic rings. The maximum absolute atomic E-state index is 12.1. The van der Waals surface area contributed by atoms with Gasteiger partial charge in [0.05, 0.1) is 24.2 Å². The summed E-state index contributed by atoms with van der Waals surface area (Å²) >= 11 is 0. The molecule has 0 aromatic heterocycles. The maximum atomic E-state index is 12.1. The molecule has 2 fully saturated rings. The Bertz CT molecular complexity index is 623. The minimum atomic E-state index is -3.01. The third-order valence-corrected chi connectivity index (χ3v) is 5.69. The van der Waals surface area contributed by atoms with E-state index in [1.165, 1.54) is 0 Å². The van der Waals surface area contributed by atoms with Gasteiger partial charge in [-0.3, -0.25) is 4.79 Å². The first-order valence-corrected chi connectivity index (χ1v) is 8.57. The number of carbonyl (C=O) groups is 1. The normalized spacial score (nSPS) is 27.6. The number of rotatable bonds is 3. The summed E-state index contributed by atoms with van der Waals surface area (Å²) in [5.74, 6) is 0.921. The van der Waals surface area contributed by atoms with E-state index in [4.69, 9.17) is 4.74 Å². The van der Waals surface area contributed by atoms with Gasteiger partial charge in [0.2, 0.25) is 5.91 Å². The van der Waals surface area contributed by atoms with Crippen LogP contribution in [0, 0.1) is 5.92 Å². The van der Waals surface area contributed by atoms with Crippen LogP contribution in [0.15, 0.2) is 24.3 Å². The number of anilines is 1. The second-order valence-electron chi connectivity index (χ2n) is 5.30. The van der Waals surface area contributed by atoms with Crippen molar-refractivity contribution in [2.24, 2.45) is 5.92 Å². The molecule has 0 saturated carbocycles. The maximum Gasteiger partial charge on any atom is 0.227 e. The minimum Gasteiger partial charge on any atom is -0.494 e. The van der Waals surface area contributed by atoms with Gasteiger partial charge in [-0.05, 0) is 31.2 Å². The van der Waals surface area contributed by atoms with Gasteiger partial charge < -0.3 is 9.64 Å². The van der Waals surface area contributed by atoms with Crippen LogP contribution >= 0.6 is 0 Å². The van der Waals surface area contributed by atoms with Crippen LogP contribution in [-0.4, -0.2) is 38.5 Å². The molecular weight excluding hydrogens is 278 g/mol. The Labute approximate surface area is 118 Å². The molecule has 3 rings (SSSR count). The average Bonchev–Trinajstić information content (AvgIpc) is 2.81. The fourth-order valence-corrected chi connectivity index (χ4v) is 5.16. The first-order valence-electron chi connectivity index (χ1n) is 6.75. The Morgan fingerprint density at radius 2 is 1.95 bits per heavy atom. The number of hydrogen-bond donors (Lipinski definition) is 0. The molecular formula is C14H17NO4S. The van der Waals surface area contributed by atoms with Crippen molar-refractivity contribution in [3.8, 4) is 5.75 Å². The molecule has 108 valence electrons. The zero-order chi connectivity index (χ0) is 14.3. The summed E-state index contributed by atoms with van der Waals surface area (Å²) in [5.41, 5.74) is 0.753. The molecule has 1 amide bonds. The van der Waals surface area contributed by atoms with Crippen molar-refractivity contribution >= 4 is 21.4 Å². The summed E-state index contributed by atoms with van der Waals surface area (Å²) in [6.07, 6.45) is 0.330. The van der Waals surface area contributed by atoms with Gasteiger partial charge in [-0.2, -0.15) is 0 Å². The zero-order valence-electron chi connectivity index (χ0n) is 11.3. The number of nitrogens with zero attached hydrogens (tertiary/aromatic N) is 1. The van der Waals surface area contributed by atoms with Crippen molar-refractivity contribution in [3.05, 3.63) is 24.3 Å². The van der Waals surface area contributed by atoms with Crippen molar-refractivity contribution in [1.82, 2.24) is 0 Å². The lowest BCUT2D eigenvalue weighted by molar-refractivity contribution is -0.117. The van der Waals surface area contributed by atoms with E-state index in [1.807, 2.05) is 31.2 Å². The molecule has 2 saturated heterocycles. The van der Waals surface area contributed by atoms with Crippen LogP contribution < -0.4 is 9.64 Å². The molecule has 2 unspecified atom stereocenters. The SMILES string of the molecule is CCOc1ccc(N2C(=O)CC3CS(=O)(=O)CC32)cc1. The third-order valence-electron chi connectivity index (χ3n) is 3.90. The molecule has 20 heavy (non-hydrogen) atoms. The number of fused-ring (bicyclic) bond motifs is 1. The van der Waals surface area contributed by atoms with Crippen LogP contribution in [0.2, 0.25) is 0 Å². The topological polar surface area (TPSA) is 63.7 Å². The molecule has 6 heteroatoms. The summed E-state index contributed by atoms with van der Waals surface area (Å²) in [6.45, 7) is 2.50. The predicted octanol–water partition coefficient (Wildman–Crippen LogP) is 1.24. The van der Waals surface area contributed by atoms with Crippen molar-refractivity contribution in [1.29, 1.82) is 0 Å². The van der Waals surface area contributed by atoms with Gasteiger partial charge in [0.15, 0.2) is 9.84 Å². The van der Waals surface area contributed by atoms with E-state index in [1.54, 1.807) is 4.90 Å². The average molecular weight is 295 g/mol. The fraction of sp³-hybridized carbons (Fsp3) is 0.500. The van der Waals surface area contributed by atoms with Crippen molar-refractivity contribution in [2.45, 2.75) is 19.4 Å². The van der Waals surface area contributed by atoms with E-state index < -0.39 is 9.84 Å². The van der Waals surface area contributed by atoms with E-state index in [0.717, 1.165) is 11.4 Å². The van der Waals surface area contributed by atoms with Gasteiger partial charge in [0.1, 0.15) is 5.75 Å². The first kappa shape index (κ1) is 13.4. The van der Waals surface area contributed by atoms with Crippen molar-refractivity contribution < 1.29 is 17.9 Å². The van der Waals surface area contributed by atoms with E-state index in [-0.39, 0.29) is 29.4 Å². The largest absolute Gasteiger partial charge is 0.494 e. The monoisotopic (exact) mass is 295 g/mol. The lowest BCUT2D eigenvalue weighted by Crippen LogP contribution is -2.36. The van der Waals surface area contributed by atoms with E-state index in [0.29, 0.717) is 13.0 Å². The summed E-state index contributed by atoms with van der Waals surface area (Å²) in [6, 6.07) is 7.04. The molecule has 0 bridgehead atoms. The molecule has 2 aliphatic heterocycles. The Morgan fingerprint density at radius 3 is 2.60 bits per heavy atom. The van der Waals surface area contributed by atoms with Crippen LogP contribution in [0.3, 0.4) is 0 Å². The van der Waals surface area contributed by atoms with Crippen LogP contribution in [0.5, 0.6) is 5.75 Å². The van der Waals surface area contributed by atoms with Crippen LogP contribution in [-0.2, 0) is 14.6 Å². The molecule has 5 nitrogen and oxygen atoms in total. The highest BCUT2D eigenvalue weighted by molar-refractivity contribution is 7.91. The molecule has 2 atom stereocenters. The van der Waals surface area contributed by atoms with E-state index in [2.05, 4.69) is 0 Å². The molecule has 0 radical (unpaired) electrons. The van der Waals surface area contributed by atoms with Crippen LogP contribution in [0.25, 0.3) is 0 Å². The quantitative estimate of drug-likeness (QED) is 0.841. The third kappa shape index (κ3) is 2.28. The summed E-state index contributed by atoms with van der Waals surface area (Å²) in [4.78, 5) is 13.8. The zero-order valence-corrected chi connectivity index (χ0v) is 12.1. The Morgan fingerprint density at radius 1 is 1.25 bits per heavy atom. The number of sulfone groups is 1. The molecule has 2 heterocycles. The molecule has 1 aromatic carbocycles. The van der Waals surface area contributed by atoms with Gasteiger partial charge in [0, 0.05) is 18.0 Å². The smallest absolute Gasteiger partial charge is 0.227 e. The van der Waals surface area contributed by atoms with Gasteiger partial charge in [0.25, 0.3) is 0 Å². The first-order chi connectivity index (χ1) is 9.50. The number of hydrogen-bond acceptors (Lipinski definition) is 4. The summed E-state index contributed by atoms with van der Waals surface area (Å²) in [7, 11) is -3.01. The molecule has 0 spiro atoms. The molecule has 0 N–H and O–H groups in total. The number of ether oxygens (including phenoxy) is 1. The Kier molecular flexibility index (Phi) is 3.20. The predicted molar refractivity (Wildman–Crippen MR) is 75.6 cm³/mol. The Balaban J connectivity index is 1.87. The number of carbonyl (C=O) groups excluding carboxylic acids is 1. The summed E-state index contributed by atoms with van der Waals surface area (Å²) in [5, 5.41) is 0. The Hall–Kier alpha value is -1.56. The number of benzene rings is 1. The van der Waals surface area contributed by atoms with Crippen LogP contribution in [0.4, 0.5) is 5.69 Å². The highest BCUT2D eigenvalue weighted by Crippen LogP contribution is 2.37. The lowest BCUT2D eigenvalue weighted by atomic mass is 10.0. The molecule has 0 aliphatic carbocycles. The van der Waals surface area contributed by atoms with Crippen molar-refractivity contribution in [2.75, 3.05) is 23.0 Å². The second kappa shape index (κ2) is 4.77. The van der Waals surface area contributed by atoms with Gasteiger partial charge in [-0.15, -0.1) is 0 Å². The standard InChI is InChI=1S/C14H17NO4S/c1-2-19-12-5-3-11(4-6-12)15-13-9-20(17,18)8-10(13)7-14(15)16/h3-6,10,13H,2,7-9H2,1H3. The fourth-order valence-electron chi connectivity index (χ4n) is 3.09. The highest BCUT2D eigenvalue weighted by atomic mass is 32.2. The second-order valence-corrected chi connectivity index (χ2v) is 7.45. The van der Waals surface area contributed by atoms with Gasteiger partial charge in [-0.25, -0.2) is 8.42 Å². The minimum absolute atomic E-state index is 0.0130. The summed E-state index contributed by atoms with van der Waals surface area (Å²) < 4.78 is 28.8. The van der Waals surface area contributed by atoms with E-state index in [9.17, 15) is 13.2 Å². The lowest BCUT2D eigenvalue weighted by Gasteiger charge is -2.23. The van der Waals surface area contributed by atoms with Gasteiger partial charge >= 0.3 is 0 Å². The molecule has 2 aliphatic rings. The number of amides is 1.